The van der Waals surface area contributed by atoms with Crippen molar-refractivity contribution in [2.45, 2.75) is 13.0 Å². The van der Waals surface area contributed by atoms with E-state index < -0.39 is 13.0 Å². The largest absolute Gasteiger partial charge is 0.522 e. The molecular formula is C13H10F3NO. The fraction of sp³-hybridized carbons (Fsp3) is 0.154. The quantitative estimate of drug-likeness (QED) is 0.830. The molecule has 0 aliphatic carbocycles. The minimum absolute atomic E-state index is 0.472. The van der Waals surface area contributed by atoms with Crippen LogP contribution in [-0.2, 0) is 11.3 Å². The van der Waals surface area contributed by atoms with E-state index >= 15 is 0 Å². The molecular weight excluding hydrogens is 243 g/mol. The van der Waals surface area contributed by atoms with Crippen LogP contribution in [0.25, 0.3) is 11.1 Å². The lowest BCUT2D eigenvalue weighted by Gasteiger charge is -2.08. The predicted octanol–water partition coefficient (Wildman–Crippen LogP) is 3.79. The van der Waals surface area contributed by atoms with Gasteiger partial charge in [0, 0.05) is 12.4 Å². The molecule has 18 heavy (non-hydrogen) atoms. The molecule has 0 N–H and O–H groups in total. The van der Waals surface area contributed by atoms with Crippen molar-refractivity contribution in [2.75, 3.05) is 0 Å². The van der Waals surface area contributed by atoms with Crippen molar-refractivity contribution in [1.29, 1.82) is 0 Å². The smallest absolute Gasteiger partial charge is 0.287 e. The van der Waals surface area contributed by atoms with Crippen LogP contribution >= 0.6 is 0 Å². The fourth-order valence-corrected chi connectivity index (χ4v) is 1.49. The van der Waals surface area contributed by atoms with Gasteiger partial charge in [0.15, 0.2) is 0 Å². The van der Waals surface area contributed by atoms with E-state index in [1.54, 1.807) is 42.7 Å². The van der Waals surface area contributed by atoms with Gasteiger partial charge in [0.2, 0.25) is 0 Å². The Hall–Kier alpha value is -1.88. The first-order chi connectivity index (χ1) is 8.54. The van der Waals surface area contributed by atoms with E-state index in [0.717, 1.165) is 11.1 Å². The highest BCUT2D eigenvalue weighted by Gasteiger charge is 2.28. The highest BCUT2D eigenvalue weighted by molar-refractivity contribution is 5.62. The standard InChI is InChI=1S/C13H10F3NO/c14-13(15,16)18-9-10-3-5-11(6-4-10)12-2-1-7-17-8-12/h1-8H,9H2. The van der Waals surface area contributed by atoms with Crippen LogP contribution in [0.1, 0.15) is 5.56 Å². The molecule has 1 heterocycles. The average Bonchev–Trinajstić information content (AvgIpc) is 2.37. The SMILES string of the molecule is FC(F)(F)OCc1ccc(-c2cccnc2)cc1. The summed E-state index contributed by atoms with van der Waals surface area (Å²) in [6.45, 7) is -0.475. The molecule has 0 fully saturated rings. The lowest BCUT2D eigenvalue weighted by atomic mass is 10.1. The van der Waals surface area contributed by atoms with Gasteiger partial charge in [0.05, 0.1) is 6.61 Å². The molecule has 5 heteroatoms. The van der Waals surface area contributed by atoms with Gasteiger partial charge >= 0.3 is 6.36 Å². The van der Waals surface area contributed by atoms with Gasteiger partial charge in [-0.3, -0.25) is 9.72 Å². The second-order valence-corrected chi connectivity index (χ2v) is 3.67. The van der Waals surface area contributed by atoms with Crippen LogP contribution < -0.4 is 0 Å². The van der Waals surface area contributed by atoms with E-state index in [1.165, 1.54) is 0 Å². The molecule has 1 aromatic heterocycles. The van der Waals surface area contributed by atoms with E-state index in [9.17, 15) is 13.2 Å². The molecule has 2 aromatic rings. The first-order valence-corrected chi connectivity index (χ1v) is 5.25. The van der Waals surface area contributed by atoms with Gasteiger partial charge in [-0.1, -0.05) is 30.3 Å². The normalized spacial score (nSPS) is 11.5. The lowest BCUT2D eigenvalue weighted by Crippen LogP contribution is -2.12. The molecule has 2 nitrogen and oxygen atoms in total. The Morgan fingerprint density at radius 3 is 2.28 bits per heavy atom. The fourth-order valence-electron chi connectivity index (χ4n) is 1.49. The van der Waals surface area contributed by atoms with Gasteiger partial charge in [-0.2, -0.15) is 0 Å². The van der Waals surface area contributed by atoms with Crippen LogP contribution in [0.2, 0.25) is 0 Å². The van der Waals surface area contributed by atoms with E-state index in [-0.39, 0.29) is 0 Å². The zero-order valence-corrected chi connectivity index (χ0v) is 9.32. The summed E-state index contributed by atoms with van der Waals surface area (Å²) < 4.78 is 39.3. The Bertz CT molecular complexity index is 494. The summed E-state index contributed by atoms with van der Waals surface area (Å²) in [5.74, 6) is 0. The molecule has 0 saturated carbocycles. The summed E-state index contributed by atoms with van der Waals surface area (Å²) in [7, 11) is 0. The van der Waals surface area contributed by atoms with Crippen molar-refractivity contribution in [3.05, 3.63) is 54.4 Å². The van der Waals surface area contributed by atoms with Gasteiger partial charge in [-0.05, 0) is 22.8 Å². The molecule has 94 valence electrons. The number of hydrogen-bond acceptors (Lipinski definition) is 2. The monoisotopic (exact) mass is 253 g/mol. The molecule has 0 aliphatic heterocycles. The van der Waals surface area contributed by atoms with Crippen LogP contribution in [0, 0.1) is 0 Å². The highest BCUT2D eigenvalue weighted by Crippen LogP contribution is 2.21. The molecule has 1 aromatic carbocycles. The molecule has 0 spiro atoms. The molecule has 0 aliphatic rings. The van der Waals surface area contributed by atoms with Crippen molar-refractivity contribution in [2.24, 2.45) is 0 Å². The molecule has 0 bridgehead atoms. The molecule has 2 rings (SSSR count). The van der Waals surface area contributed by atoms with E-state index in [1.807, 2.05) is 6.07 Å². The van der Waals surface area contributed by atoms with Gasteiger partial charge in [-0.25, -0.2) is 0 Å². The molecule has 0 unspecified atom stereocenters. The topological polar surface area (TPSA) is 22.1 Å². The van der Waals surface area contributed by atoms with Crippen molar-refractivity contribution >= 4 is 0 Å². The number of halogens is 3. The van der Waals surface area contributed by atoms with Crippen molar-refractivity contribution in [1.82, 2.24) is 4.98 Å². The summed E-state index contributed by atoms with van der Waals surface area (Å²) in [6.07, 6.45) is -1.24. The zero-order chi connectivity index (χ0) is 13.0. The Morgan fingerprint density at radius 2 is 1.72 bits per heavy atom. The number of aromatic nitrogens is 1. The Labute approximate surface area is 102 Å². The number of pyridine rings is 1. The average molecular weight is 253 g/mol. The summed E-state index contributed by atoms with van der Waals surface area (Å²) in [5, 5.41) is 0. The number of alkyl halides is 3. The summed E-state index contributed by atoms with van der Waals surface area (Å²) in [5.41, 5.74) is 2.29. The molecule has 0 atom stereocenters. The van der Waals surface area contributed by atoms with Gasteiger partial charge in [0.1, 0.15) is 0 Å². The predicted molar refractivity (Wildman–Crippen MR) is 60.5 cm³/mol. The number of rotatable bonds is 3. The van der Waals surface area contributed by atoms with Crippen LogP contribution in [0.15, 0.2) is 48.8 Å². The van der Waals surface area contributed by atoms with Crippen molar-refractivity contribution in [3.8, 4) is 11.1 Å². The Balaban J connectivity index is 2.07. The van der Waals surface area contributed by atoms with Gasteiger partial charge in [-0.15, -0.1) is 13.2 Å². The number of ether oxygens (including phenoxy) is 1. The third kappa shape index (κ3) is 3.56. The lowest BCUT2D eigenvalue weighted by molar-refractivity contribution is -0.330. The summed E-state index contributed by atoms with van der Waals surface area (Å²) >= 11 is 0. The minimum atomic E-state index is -4.60. The molecule has 0 radical (unpaired) electrons. The molecule has 0 amide bonds. The van der Waals surface area contributed by atoms with Crippen LogP contribution in [0.4, 0.5) is 13.2 Å². The van der Waals surface area contributed by atoms with Crippen molar-refractivity contribution in [3.63, 3.8) is 0 Å². The number of nitrogens with zero attached hydrogens (tertiary/aromatic N) is 1. The maximum atomic E-state index is 11.9. The Kier molecular flexibility index (Phi) is 3.62. The van der Waals surface area contributed by atoms with Crippen LogP contribution in [-0.4, -0.2) is 11.3 Å². The second-order valence-electron chi connectivity index (χ2n) is 3.67. The van der Waals surface area contributed by atoms with Gasteiger partial charge < -0.3 is 0 Å². The Morgan fingerprint density at radius 1 is 1.00 bits per heavy atom. The first kappa shape index (κ1) is 12.6. The van der Waals surface area contributed by atoms with E-state index in [0.29, 0.717) is 5.56 Å². The van der Waals surface area contributed by atoms with E-state index in [2.05, 4.69) is 9.72 Å². The summed E-state index contributed by atoms with van der Waals surface area (Å²) in [6, 6.07) is 10.4. The third-order valence-corrected chi connectivity index (χ3v) is 2.35. The first-order valence-electron chi connectivity index (χ1n) is 5.25. The van der Waals surface area contributed by atoms with E-state index in [4.69, 9.17) is 0 Å². The maximum Gasteiger partial charge on any atom is 0.522 e. The van der Waals surface area contributed by atoms with Gasteiger partial charge in [0.25, 0.3) is 0 Å². The van der Waals surface area contributed by atoms with Crippen LogP contribution in [0.5, 0.6) is 0 Å². The zero-order valence-electron chi connectivity index (χ0n) is 9.32. The molecule has 0 saturated heterocycles. The summed E-state index contributed by atoms with van der Waals surface area (Å²) in [4.78, 5) is 3.98. The van der Waals surface area contributed by atoms with Crippen LogP contribution in [0.3, 0.4) is 0 Å². The van der Waals surface area contributed by atoms with Crippen molar-refractivity contribution < 1.29 is 17.9 Å². The second kappa shape index (κ2) is 5.18. The third-order valence-electron chi connectivity index (χ3n) is 2.35. The maximum absolute atomic E-state index is 11.9. The highest BCUT2D eigenvalue weighted by atomic mass is 19.4. The number of hydrogen-bond donors (Lipinski definition) is 0. The number of benzene rings is 1. The minimum Gasteiger partial charge on any atom is -0.287 e.